The number of anilines is 1. The van der Waals surface area contributed by atoms with Gasteiger partial charge in [-0.05, 0) is 44.9 Å². The molecule has 0 radical (unpaired) electrons. The molecule has 3 aromatic rings. The van der Waals surface area contributed by atoms with Gasteiger partial charge in [0.2, 0.25) is 15.9 Å². The normalized spacial score (nSPS) is 17.7. The van der Waals surface area contributed by atoms with Crippen LogP contribution in [-0.2, 0) is 27.8 Å². The van der Waals surface area contributed by atoms with Crippen LogP contribution in [-0.4, -0.2) is 53.5 Å². The molecule has 3 heterocycles. The lowest BCUT2D eigenvalue weighted by atomic mass is 10.1. The van der Waals surface area contributed by atoms with Gasteiger partial charge in [0, 0.05) is 18.5 Å². The van der Waals surface area contributed by atoms with E-state index in [1.54, 1.807) is 30.9 Å². The number of carbonyl (C=O) groups is 1. The number of aryl methyl sites for hydroxylation is 2. The van der Waals surface area contributed by atoms with E-state index >= 15 is 0 Å². The number of hydrogen-bond acceptors (Lipinski definition) is 10. The van der Waals surface area contributed by atoms with Crippen LogP contribution in [0.2, 0.25) is 0 Å². The number of fused-ring (bicyclic) bond motifs is 1. The average molecular weight is 503 g/mol. The molecule has 186 valence electrons. The maximum Gasteiger partial charge on any atom is 0.258 e. The molecule has 1 N–H and O–H groups in total. The minimum atomic E-state index is -3.82. The van der Waals surface area contributed by atoms with Crippen LogP contribution in [0.3, 0.4) is 0 Å². The van der Waals surface area contributed by atoms with Crippen LogP contribution in [0.15, 0.2) is 38.2 Å². The first-order valence-corrected chi connectivity index (χ1v) is 12.6. The minimum absolute atomic E-state index is 0.0185. The molecule has 1 aliphatic heterocycles. The molecule has 1 saturated carbocycles. The average Bonchev–Trinajstić information content (AvgIpc) is 3.15. The summed E-state index contributed by atoms with van der Waals surface area (Å²) in [5.74, 6) is 0.920. The fraction of sp³-hybridized carbons (Fsp3) is 0.455. The predicted octanol–water partition coefficient (Wildman–Crippen LogP) is 2.10. The number of amides is 1. The van der Waals surface area contributed by atoms with E-state index in [4.69, 9.17) is 13.8 Å². The molecule has 1 aliphatic carbocycles. The molecular formula is C22H26N6O6S. The Hall–Kier alpha value is -3.29. The fourth-order valence-corrected chi connectivity index (χ4v) is 5.36. The van der Waals surface area contributed by atoms with Crippen molar-refractivity contribution >= 4 is 21.6 Å². The molecule has 2 aliphatic rings. The van der Waals surface area contributed by atoms with E-state index in [-0.39, 0.29) is 37.0 Å². The SMILES string of the molecule is Cc1cc(CN2COCN(Cc3noc(C)n3)c3ccc(S(=O)(=O)NC4(C)CC4)cc3C2=O)on1. The topological polar surface area (TPSA) is 144 Å². The van der Waals surface area contributed by atoms with Crippen LogP contribution >= 0.6 is 0 Å². The zero-order valence-corrected chi connectivity index (χ0v) is 20.5. The van der Waals surface area contributed by atoms with Gasteiger partial charge in [-0.25, -0.2) is 13.1 Å². The zero-order valence-electron chi connectivity index (χ0n) is 19.6. The predicted molar refractivity (Wildman–Crippen MR) is 122 cm³/mol. The van der Waals surface area contributed by atoms with Crippen molar-refractivity contribution in [2.24, 2.45) is 0 Å². The quantitative estimate of drug-likeness (QED) is 0.510. The summed E-state index contributed by atoms with van der Waals surface area (Å²) in [6.45, 7) is 5.74. The van der Waals surface area contributed by atoms with Crippen molar-refractivity contribution in [1.29, 1.82) is 0 Å². The number of rotatable bonds is 7. The Bertz CT molecular complexity index is 1360. The van der Waals surface area contributed by atoms with Gasteiger partial charge in [-0.15, -0.1) is 0 Å². The van der Waals surface area contributed by atoms with Gasteiger partial charge in [0.15, 0.2) is 11.6 Å². The molecule has 5 rings (SSSR count). The molecule has 12 nitrogen and oxygen atoms in total. The largest absolute Gasteiger partial charge is 0.359 e. The molecule has 0 bridgehead atoms. The highest BCUT2D eigenvalue weighted by Crippen LogP contribution is 2.36. The number of carbonyl (C=O) groups excluding carboxylic acids is 1. The van der Waals surface area contributed by atoms with Crippen molar-refractivity contribution in [2.75, 3.05) is 18.4 Å². The van der Waals surface area contributed by atoms with Gasteiger partial charge in [0.05, 0.1) is 34.9 Å². The van der Waals surface area contributed by atoms with Crippen LogP contribution in [0.25, 0.3) is 0 Å². The maximum absolute atomic E-state index is 13.7. The number of nitrogens with zero attached hydrogens (tertiary/aromatic N) is 5. The van der Waals surface area contributed by atoms with E-state index in [0.29, 0.717) is 28.9 Å². The van der Waals surface area contributed by atoms with Gasteiger partial charge >= 0.3 is 0 Å². The Balaban J connectivity index is 1.52. The standard InChI is InChI=1S/C22H26N6O6S/c1-14-8-16(34-24-14)10-28-13-32-12-27(11-20-23-15(2)33-25-20)19-5-4-17(9-18(19)21(28)29)35(30,31)26-22(3)6-7-22/h4-5,8-9,26H,6-7,10-13H2,1-3H3. The molecule has 13 heteroatoms. The molecule has 35 heavy (non-hydrogen) atoms. The van der Waals surface area contributed by atoms with Crippen molar-refractivity contribution in [3.63, 3.8) is 0 Å². The Labute approximate surface area is 202 Å². The second kappa shape index (κ2) is 8.73. The van der Waals surface area contributed by atoms with Crippen molar-refractivity contribution < 1.29 is 27.0 Å². The lowest BCUT2D eigenvalue weighted by Crippen LogP contribution is -2.40. The van der Waals surface area contributed by atoms with Gasteiger partial charge < -0.3 is 23.6 Å². The van der Waals surface area contributed by atoms with Crippen LogP contribution < -0.4 is 9.62 Å². The van der Waals surface area contributed by atoms with Gasteiger partial charge in [0.25, 0.3) is 5.91 Å². The van der Waals surface area contributed by atoms with Crippen molar-refractivity contribution in [2.45, 2.75) is 57.1 Å². The third-order valence-electron chi connectivity index (χ3n) is 5.94. The summed E-state index contributed by atoms with van der Waals surface area (Å²) in [4.78, 5) is 21.1. The first-order valence-electron chi connectivity index (χ1n) is 11.1. The summed E-state index contributed by atoms with van der Waals surface area (Å²) in [7, 11) is -3.82. The monoisotopic (exact) mass is 502 g/mol. The Morgan fingerprint density at radius 3 is 2.49 bits per heavy atom. The van der Waals surface area contributed by atoms with E-state index in [1.165, 1.54) is 17.0 Å². The zero-order chi connectivity index (χ0) is 24.8. The molecule has 1 aromatic carbocycles. The number of ether oxygens (including phenoxy) is 1. The molecule has 0 atom stereocenters. The first kappa shape index (κ1) is 23.5. The first-order chi connectivity index (χ1) is 16.6. The highest BCUT2D eigenvalue weighted by molar-refractivity contribution is 7.89. The van der Waals surface area contributed by atoms with Gasteiger partial charge in [-0.2, -0.15) is 4.98 Å². The summed E-state index contributed by atoms with van der Waals surface area (Å²) >= 11 is 0. The summed E-state index contributed by atoms with van der Waals surface area (Å²) in [5, 5.41) is 7.80. The van der Waals surface area contributed by atoms with Crippen molar-refractivity contribution in [3.05, 3.63) is 53.0 Å². The van der Waals surface area contributed by atoms with E-state index in [0.717, 1.165) is 12.8 Å². The Kier molecular flexibility index (Phi) is 5.85. The van der Waals surface area contributed by atoms with Crippen molar-refractivity contribution in [3.8, 4) is 0 Å². The highest BCUT2D eigenvalue weighted by Gasteiger charge is 2.41. The molecule has 2 aromatic heterocycles. The van der Waals surface area contributed by atoms with Crippen LogP contribution in [0, 0.1) is 13.8 Å². The second-order valence-corrected chi connectivity index (χ2v) is 10.9. The van der Waals surface area contributed by atoms with E-state index in [2.05, 4.69) is 20.0 Å². The van der Waals surface area contributed by atoms with Crippen molar-refractivity contribution in [1.82, 2.24) is 24.9 Å². The molecule has 1 fully saturated rings. The number of benzene rings is 1. The molecule has 0 spiro atoms. The lowest BCUT2D eigenvalue weighted by Gasteiger charge is -2.32. The smallest absolute Gasteiger partial charge is 0.258 e. The third kappa shape index (κ3) is 5.06. The summed E-state index contributed by atoms with van der Waals surface area (Å²) < 4.78 is 45.0. The van der Waals surface area contributed by atoms with E-state index < -0.39 is 21.5 Å². The van der Waals surface area contributed by atoms with E-state index in [9.17, 15) is 13.2 Å². The van der Waals surface area contributed by atoms with Gasteiger partial charge in [-0.1, -0.05) is 10.3 Å². The second-order valence-electron chi connectivity index (χ2n) is 9.17. The Morgan fingerprint density at radius 1 is 1.06 bits per heavy atom. The summed E-state index contributed by atoms with van der Waals surface area (Å²) in [5.41, 5.74) is 0.955. The molecule has 0 saturated heterocycles. The van der Waals surface area contributed by atoms with Gasteiger partial charge in [0.1, 0.15) is 13.5 Å². The number of hydrogen-bond donors (Lipinski definition) is 1. The number of nitrogens with one attached hydrogen (secondary N) is 1. The maximum atomic E-state index is 13.7. The molecule has 1 amide bonds. The van der Waals surface area contributed by atoms with E-state index in [1.807, 2.05) is 6.92 Å². The number of aromatic nitrogens is 3. The highest BCUT2D eigenvalue weighted by atomic mass is 32.2. The minimum Gasteiger partial charge on any atom is -0.359 e. The number of sulfonamides is 1. The lowest BCUT2D eigenvalue weighted by molar-refractivity contribution is 0.0154. The summed E-state index contributed by atoms with van der Waals surface area (Å²) in [6, 6.07) is 6.24. The van der Waals surface area contributed by atoms with Crippen LogP contribution in [0.5, 0.6) is 0 Å². The summed E-state index contributed by atoms with van der Waals surface area (Å²) in [6.07, 6.45) is 1.55. The third-order valence-corrected chi connectivity index (χ3v) is 7.57. The molecule has 0 unspecified atom stereocenters. The fourth-order valence-electron chi connectivity index (χ4n) is 3.87. The Morgan fingerprint density at radius 2 is 1.83 bits per heavy atom. The van der Waals surface area contributed by atoms with Crippen LogP contribution in [0.1, 0.15) is 53.3 Å². The molecular weight excluding hydrogens is 476 g/mol. The van der Waals surface area contributed by atoms with Gasteiger partial charge in [-0.3, -0.25) is 4.79 Å². The van der Waals surface area contributed by atoms with Crippen LogP contribution in [0.4, 0.5) is 5.69 Å².